The zero-order valence-electron chi connectivity index (χ0n) is 16.2. The van der Waals surface area contributed by atoms with Gasteiger partial charge >= 0.3 is 5.97 Å². The fourth-order valence-corrected chi connectivity index (χ4v) is 2.63. The van der Waals surface area contributed by atoms with Gasteiger partial charge in [0.25, 0.3) is 11.6 Å². The van der Waals surface area contributed by atoms with Crippen LogP contribution in [0, 0.1) is 10.1 Å². The SMILES string of the molecule is CC(C)(C)c1noc(CCCC(=O)OCC(=O)Nc2ccc([N+](=O)[O-])cc2Br)n1. The maximum Gasteiger partial charge on any atom is 0.306 e. The summed E-state index contributed by atoms with van der Waals surface area (Å²) < 4.78 is 10.4. The minimum atomic E-state index is -0.556. The molecule has 2 rings (SSSR count). The number of ether oxygens (including phenoxy) is 1. The highest BCUT2D eigenvalue weighted by Crippen LogP contribution is 2.27. The Morgan fingerprint density at radius 2 is 2.07 bits per heavy atom. The summed E-state index contributed by atoms with van der Waals surface area (Å²) >= 11 is 3.15. The van der Waals surface area contributed by atoms with Gasteiger partial charge in [0.05, 0.1) is 10.6 Å². The van der Waals surface area contributed by atoms with Crippen molar-refractivity contribution in [3.05, 3.63) is 44.5 Å². The number of anilines is 1. The highest BCUT2D eigenvalue weighted by Gasteiger charge is 2.21. The number of nitrogens with zero attached hydrogens (tertiary/aromatic N) is 3. The maximum absolute atomic E-state index is 11.9. The van der Waals surface area contributed by atoms with E-state index >= 15 is 0 Å². The number of carbonyl (C=O) groups excluding carboxylic acids is 2. The van der Waals surface area contributed by atoms with Crippen LogP contribution in [-0.4, -0.2) is 33.5 Å². The topological polar surface area (TPSA) is 137 Å². The number of nitrogens with one attached hydrogen (secondary N) is 1. The lowest BCUT2D eigenvalue weighted by molar-refractivity contribution is -0.384. The van der Waals surface area contributed by atoms with Gasteiger partial charge in [0, 0.05) is 34.9 Å². The summed E-state index contributed by atoms with van der Waals surface area (Å²) in [5.41, 5.74) is 0.00653. The predicted molar refractivity (Wildman–Crippen MR) is 106 cm³/mol. The third-order valence-electron chi connectivity index (χ3n) is 3.71. The Hall–Kier alpha value is -2.82. The van der Waals surface area contributed by atoms with Gasteiger partial charge in [0.2, 0.25) is 5.89 Å². The number of rotatable bonds is 8. The van der Waals surface area contributed by atoms with Gasteiger partial charge in [-0.05, 0) is 28.4 Å². The van der Waals surface area contributed by atoms with Gasteiger partial charge in [-0.3, -0.25) is 19.7 Å². The van der Waals surface area contributed by atoms with Crippen LogP contribution in [0.1, 0.15) is 45.3 Å². The number of esters is 1. The summed E-state index contributed by atoms with van der Waals surface area (Å²) in [6.07, 6.45) is 0.974. The lowest BCUT2D eigenvalue weighted by Gasteiger charge is -2.10. The van der Waals surface area contributed by atoms with Crippen molar-refractivity contribution in [3.8, 4) is 0 Å². The fourth-order valence-electron chi connectivity index (χ4n) is 2.17. The first kappa shape index (κ1) is 22.5. The Morgan fingerprint density at radius 1 is 1.34 bits per heavy atom. The first-order valence-corrected chi connectivity index (χ1v) is 9.58. The predicted octanol–water partition coefficient (Wildman–Crippen LogP) is 3.54. The Kier molecular flexibility index (Phi) is 7.43. The summed E-state index contributed by atoms with van der Waals surface area (Å²) in [7, 11) is 0. The van der Waals surface area contributed by atoms with Gasteiger partial charge in [-0.25, -0.2) is 0 Å². The number of nitro benzene ring substituents is 1. The molecule has 1 heterocycles. The number of hydrogen-bond acceptors (Lipinski definition) is 8. The van der Waals surface area contributed by atoms with Gasteiger partial charge in [0.15, 0.2) is 12.4 Å². The van der Waals surface area contributed by atoms with Gasteiger partial charge < -0.3 is 14.6 Å². The van der Waals surface area contributed by atoms with Crippen molar-refractivity contribution in [3.63, 3.8) is 0 Å². The van der Waals surface area contributed by atoms with Crippen LogP contribution in [0.4, 0.5) is 11.4 Å². The van der Waals surface area contributed by atoms with E-state index in [1.165, 1.54) is 18.2 Å². The lowest BCUT2D eigenvalue weighted by atomic mass is 9.96. The molecule has 0 saturated heterocycles. The number of amides is 1. The first-order chi connectivity index (χ1) is 13.6. The van der Waals surface area contributed by atoms with Crippen LogP contribution in [0.2, 0.25) is 0 Å². The molecule has 10 nitrogen and oxygen atoms in total. The monoisotopic (exact) mass is 468 g/mol. The summed E-state index contributed by atoms with van der Waals surface area (Å²) in [5, 5.41) is 17.1. The van der Waals surface area contributed by atoms with E-state index in [0.717, 1.165) is 0 Å². The Balaban J connectivity index is 1.73. The van der Waals surface area contributed by atoms with Crippen LogP contribution in [0.3, 0.4) is 0 Å². The molecule has 1 aromatic carbocycles. The van der Waals surface area contributed by atoms with Crippen LogP contribution in [0.15, 0.2) is 27.2 Å². The van der Waals surface area contributed by atoms with E-state index in [-0.39, 0.29) is 17.5 Å². The highest BCUT2D eigenvalue weighted by atomic mass is 79.9. The molecule has 29 heavy (non-hydrogen) atoms. The molecule has 156 valence electrons. The molecule has 0 saturated carbocycles. The van der Waals surface area contributed by atoms with Crippen LogP contribution in [-0.2, 0) is 26.2 Å². The van der Waals surface area contributed by atoms with Crippen molar-refractivity contribution < 1.29 is 23.8 Å². The van der Waals surface area contributed by atoms with Crippen molar-refractivity contribution in [2.24, 2.45) is 0 Å². The number of benzene rings is 1. The maximum atomic E-state index is 11.9. The minimum absolute atomic E-state index is 0.0989. The average Bonchev–Trinajstić information content (AvgIpc) is 3.11. The molecule has 0 aliphatic rings. The smallest absolute Gasteiger partial charge is 0.306 e. The molecule has 1 aromatic heterocycles. The van der Waals surface area contributed by atoms with E-state index in [4.69, 9.17) is 9.26 Å². The molecule has 0 radical (unpaired) electrons. The van der Waals surface area contributed by atoms with Crippen molar-refractivity contribution in [2.45, 2.75) is 45.4 Å². The molecule has 2 aromatic rings. The summed E-state index contributed by atoms with van der Waals surface area (Å²) in [6.45, 7) is 5.45. The molecular formula is C18H21BrN4O6. The molecule has 0 atom stereocenters. The molecule has 1 amide bonds. The van der Waals surface area contributed by atoms with Crippen LogP contribution in [0.25, 0.3) is 0 Å². The summed E-state index contributed by atoms with van der Waals surface area (Å²) in [6, 6.07) is 3.91. The minimum Gasteiger partial charge on any atom is -0.456 e. The number of hydrogen-bond donors (Lipinski definition) is 1. The third-order valence-corrected chi connectivity index (χ3v) is 4.37. The fraction of sp³-hybridized carbons (Fsp3) is 0.444. The number of aryl methyl sites for hydroxylation is 1. The number of halogens is 1. The first-order valence-electron chi connectivity index (χ1n) is 8.78. The van der Waals surface area contributed by atoms with Crippen molar-refractivity contribution in [2.75, 3.05) is 11.9 Å². The molecular weight excluding hydrogens is 448 g/mol. The number of aromatic nitrogens is 2. The second-order valence-corrected chi connectivity index (χ2v) is 8.10. The molecule has 0 unspecified atom stereocenters. The van der Waals surface area contributed by atoms with Crippen LogP contribution < -0.4 is 5.32 Å². The van der Waals surface area contributed by atoms with Crippen molar-refractivity contribution >= 4 is 39.2 Å². The van der Waals surface area contributed by atoms with Crippen LogP contribution in [0.5, 0.6) is 0 Å². The van der Waals surface area contributed by atoms with E-state index in [1.54, 1.807) is 0 Å². The van der Waals surface area contributed by atoms with Crippen LogP contribution >= 0.6 is 15.9 Å². The van der Waals surface area contributed by atoms with Crippen molar-refractivity contribution in [1.82, 2.24) is 10.1 Å². The van der Waals surface area contributed by atoms with E-state index in [0.29, 0.717) is 34.7 Å². The Bertz CT molecular complexity index is 906. The standard InChI is InChI=1S/C18H21BrN4O6/c1-18(2,3)17-21-15(29-22-17)5-4-6-16(25)28-10-14(24)20-13-8-7-11(23(26)27)9-12(13)19/h7-9H,4-6,10H2,1-3H3,(H,20,24). The highest BCUT2D eigenvalue weighted by molar-refractivity contribution is 9.10. The molecule has 11 heteroatoms. The van der Waals surface area contributed by atoms with E-state index in [9.17, 15) is 19.7 Å². The molecule has 0 fully saturated rings. The number of nitro groups is 1. The second-order valence-electron chi connectivity index (χ2n) is 7.25. The molecule has 0 bridgehead atoms. The quantitative estimate of drug-likeness (QED) is 0.352. The van der Waals surface area contributed by atoms with Gasteiger partial charge in [-0.1, -0.05) is 25.9 Å². The number of carbonyl (C=O) groups is 2. The van der Waals surface area contributed by atoms with Gasteiger partial charge in [-0.2, -0.15) is 4.98 Å². The Labute approximate surface area is 175 Å². The molecule has 1 N–H and O–H groups in total. The van der Waals surface area contributed by atoms with E-state index < -0.39 is 23.4 Å². The molecule has 0 aliphatic carbocycles. The van der Waals surface area contributed by atoms with Crippen molar-refractivity contribution in [1.29, 1.82) is 0 Å². The van der Waals surface area contributed by atoms with E-state index in [1.807, 2.05) is 20.8 Å². The summed E-state index contributed by atoms with van der Waals surface area (Å²) in [5.74, 6) is -0.0364. The van der Waals surface area contributed by atoms with Gasteiger partial charge in [0.1, 0.15) is 0 Å². The lowest BCUT2D eigenvalue weighted by Crippen LogP contribution is -2.21. The molecule has 0 aliphatic heterocycles. The van der Waals surface area contributed by atoms with E-state index in [2.05, 4.69) is 31.4 Å². The third kappa shape index (κ3) is 6.93. The number of non-ortho nitro benzene ring substituents is 1. The molecule has 0 spiro atoms. The zero-order chi connectivity index (χ0) is 21.6. The second kappa shape index (κ2) is 9.59. The average molecular weight is 469 g/mol. The zero-order valence-corrected chi connectivity index (χ0v) is 17.8. The normalized spacial score (nSPS) is 11.2. The largest absolute Gasteiger partial charge is 0.456 e. The van der Waals surface area contributed by atoms with Gasteiger partial charge in [-0.15, -0.1) is 0 Å². The Morgan fingerprint density at radius 3 is 2.66 bits per heavy atom. The summed E-state index contributed by atoms with van der Waals surface area (Å²) in [4.78, 5) is 38.1.